The number of alkyl halides is 2. The number of hydrogen-bond donors (Lipinski definition) is 1. The molecule has 34 heavy (non-hydrogen) atoms. The van der Waals surface area contributed by atoms with Crippen LogP contribution in [0, 0.1) is 11.7 Å². The summed E-state index contributed by atoms with van der Waals surface area (Å²) in [4.78, 5) is 16.2. The van der Waals surface area contributed by atoms with Gasteiger partial charge in [-0.05, 0) is 60.4 Å². The van der Waals surface area contributed by atoms with Crippen molar-refractivity contribution in [2.45, 2.75) is 18.8 Å². The van der Waals surface area contributed by atoms with Crippen molar-refractivity contribution in [3.63, 3.8) is 0 Å². The molecule has 0 radical (unpaired) electrons. The van der Waals surface area contributed by atoms with Crippen LogP contribution in [0.25, 0.3) is 22.4 Å². The van der Waals surface area contributed by atoms with Gasteiger partial charge in [0, 0.05) is 12.1 Å². The predicted octanol–water partition coefficient (Wildman–Crippen LogP) is 4.07. The van der Waals surface area contributed by atoms with Crippen molar-refractivity contribution in [1.29, 1.82) is 0 Å². The molecule has 0 bridgehead atoms. The molecule has 11 heteroatoms. The predicted molar refractivity (Wildman–Crippen MR) is 116 cm³/mol. The smallest absolute Gasteiger partial charge is 0.309 e. The summed E-state index contributed by atoms with van der Waals surface area (Å²) in [5.74, 6) is -4.57. The zero-order valence-electron chi connectivity index (χ0n) is 17.5. The highest BCUT2D eigenvalue weighted by molar-refractivity contribution is 5.93. The number of carbonyl (C=O) groups excluding carboxylic acids is 1. The van der Waals surface area contributed by atoms with E-state index in [-0.39, 0.29) is 23.3 Å². The molecule has 8 nitrogen and oxygen atoms in total. The molecule has 170 valence electrons. The van der Waals surface area contributed by atoms with Crippen LogP contribution in [-0.2, 0) is 10.7 Å². The highest BCUT2D eigenvalue weighted by atomic mass is 19.3. The normalized spacial score (nSPS) is 14.1. The summed E-state index contributed by atoms with van der Waals surface area (Å²) in [5.41, 5.74) is 1.01. The molecule has 4 heterocycles. The van der Waals surface area contributed by atoms with Crippen molar-refractivity contribution in [2.24, 2.45) is 5.92 Å². The van der Waals surface area contributed by atoms with Gasteiger partial charge >= 0.3 is 5.92 Å². The highest BCUT2D eigenvalue weighted by Gasteiger charge is 2.41. The minimum Gasteiger partial charge on any atom is -0.309 e. The van der Waals surface area contributed by atoms with Crippen molar-refractivity contribution in [3.05, 3.63) is 78.3 Å². The van der Waals surface area contributed by atoms with Crippen molar-refractivity contribution < 1.29 is 18.0 Å². The molecule has 0 unspecified atom stereocenters. The first-order valence-corrected chi connectivity index (χ1v) is 10.6. The average Bonchev–Trinajstić information content (AvgIpc) is 3.46. The number of aromatic nitrogens is 6. The van der Waals surface area contributed by atoms with Crippen molar-refractivity contribution in [3.8, 4) is 11.1 Å². The van der Waals surface area contributed by atoms with Crippen LogP contribution >= 0.6 is 0 Å². The van der Waals surface area contributed by atoms with Gasteiger partial charge in [-0.25, -0.2) is 13.9 Å². The molecule has 0 saturated heterocycles. The van der Waals surface area contributed by atoms with Crippen molar-refractivity contribution >= 4 is 23.0 Å². The number of rotatable bonds is 5. The third-order valence-corrected chi connectivity index (χ3v) is 5.68. The third-order valence-electron chi connectivity index (χ3n) is 5.68. The lowest BCUT2D eigenvalue weighted by Crippen LogP contribution is -2.22. The first-order valence-electron chi connectivity index (χ1n) is 10.6. The Morgan fingerprint density at radius 1 is 1.00 bits per heavy atom. The van der Waals surface area contributed by atoms with Gasteiger partial charge in [0.25, 0.3) is 0 Å². The van der Waals surface area contributed by atoms with Gasteiger partial charge < -0.3 is 5.32 Å². The number of imidazole rings is 1. The molecule has 1 aliphatic rings. The van der Waals surface area contributed by atoms with E-state index in [2.05, 4.69) is 25.6 Å². The molecule has 1 aromatic carbocycles. The zero-order valence-corrected chi connectivity index (χ0v) is 17.5. The van der Waals surface area contributed by atoms with Crippen LogP contribution < -0.4 is 5.32 Å². The van der Waals surface area contributed by atoms with Gasteiger partial charge in [0.05, 0.1) is 6.20 Å². The van der Waals surface area contributed by atoms with Crippen LogP contribution in [0.3, 0.4) is 0 Å². The van der Waals surface area contributed by atoms with E-state index in [1.807, 2.05) is 0 Å². The third kappa shape index (κ3) is 3.45. The second-order valence-corrected chi connectivity index (χ2v) is 8.17. The number of fused-ring (bicyclic) bond motifs is 2. The van der Waals surface area contributed by atoms with E-state index < -0.39 is 23.3 Å². The minimum absolute atomic E-state index is 0.0174. The molecule has 1 amide bonds. The number of amides is 1. The van der Waals surface area contributed by atoms with Gasteiger partial charge in [0.1, 0.15) is 11.5 Å². The van der Waals surface area contributed by atoms with E-state index in [0.717, 1.165) is 18.9 Å². The summed E-state index contributed by atoms with van der Waals surface area (Å²) in [5, 5.41) is 14.3. The van der Waals surface area contributed by atoms with E-state index in [0.29, 0.717) is 16.8 Å². The molecule has 4 aromatic heterocycles. The standard InChI is InChI=1S/C23H16F3N7O/c24-16-3-1-2-14(10-16)15-6-8-20-29-30-22(32(20)11-15)23(25,26)17-7-9-19-27-18(12-33(19)31-17)28-21(34)13-4-5-13/h1-3,6-13H,4-5H2,(H,28,34). The van der Waals surface area contributed by atoms with E-state index in [4.69, 9.17) is 0 Å². The number of carbonyl (C=O) groups is 1. The lowest BCUT2D eigenvalue weighted by molar-refractivity contribution is -0.117. The average molecular weight is 463 g/mol. The molecule has 1 fully saturated rings. The maximum Gasteiger partial charge on any atom is 0.350 e. The summed E-state index contributed by atoms with van der Waals surface area (Å²) >= 11 is 0. The Labute approximate surface area is 190 Å². The van der Waals surface area contributed by atoms with E-state index in [1.54, 1.807) is 18.2 Å². The van der Waals surface area contributed by atoms with Gasteiger partial charge in [-0.15, -0.1) is 10.2 Å². The highest BCUT2D eigenvalue weighted by Crippen LogP contribution is 2.34. The lowest BCUT2D eigenvalue weighted by atomic mass is 10.1. The summed E-state index contributed by atoms with van der Waals surface area (Å²) in [6.45, 7) is 0. The summed E-state index contributed by atoms with van der Waals surface area (Å²) in [6, 6.07) is 11.6. The SMILES string of the molecule is O=C(Nc1cn2nc(C(F)(F)c3nnc4ccc(-c5cccc(F)c5)cn34)ccc2n1)C1CC1. The monoisotopic (exact) mass is 463 g/mol. The number of hydrogen-bond acceptors (Lipinski definition) is 5. The minimum atomic E-state index is -3.60. The number of halogens is 3. The van der Waals surface area contributed by atoms with Crippen LogP contribution in [0.15, 0.2) is 60.9 Å². The topological polar surface area (TPSA) is 89.5 Å². The van der Waals surface area contributed by atoms with E-state index in [1.165, 1.54) is 45.6 Å². The molecule has 0 atom stereocenters. The Hall–Kier alpha value is -4.28. The molecular weight excluding hydrogens is 447 g/mol. The number of anilines is 1. The van der Waals surface area contributed by atoms with Gasteiger partial charge in [-0.2, -0.15) is 13.9 Å². The van der Waals surface area contributed by atoms with Crippen LogP contribution in [0.4, 0.5) is 19.0 Å². The number of nitrogens with one attached hydrogen (secondary N) is 1. The first-order chi connectivity index (χ1) is 16.4. The van der Waals surface area contributed by atoms with E-state index in [9.17, 15) is 9.18 Å². The molecular formula is C23H16F3N7O. The van der Waals surface area contributed by atoms with Gasteiger partial charge in [0.15, 0.2) is 17.1 Å². The summed E-state index contributed by atoms with van der Waals surface area (Å²) in [6.07, 6.45) is 4.50. The maximum atomic E-state index is 15.6. The summed E-state index contributed by atoms with van der Waals surface area (Å²) < 4.78 is 47.1. The van der Waals surface area contributed by atoms with E-state index >= 15 is 8.78 Å². The second-order valence-electron chi connectivity index (χ2n) is 8.17. The Morgan fingerprint density at radius 3 is 2.62 bits per heavy atom. The molecule has 0 spiro atoms. The Morgan fingerprint density at radius 2 is 1.82 bits per heavy atom. The molecule has 1 N–H and O–H groups in total. The number of nitrogens with zero attached hydrogens (tertiary/aromatic N) is 6. The van der Waals surface area contributed by atoms with Crippen LogP contribution in [0.2, 0.25) is 0 Å². The first kappa shape index (κ1) is 20.3. The molecule has 1 saturated carbocycles. The Bertz CT molecular complexity index is 1570. The zero-order chi connectivity index (χ0) is 23.4. The Kier molecular flexibility index (Phi) is 4.41. The van der Waals surface area contributed by atoms with Crippen molar-refractivity contribution in [2.75, 3.05) is 5.32 Å². The fraction of sp³-hybridized carbons (Fsp3) is 0.174. The van der Waals surface area contributed by atoms with Gasteiger partial charge in [-0.3, -0.25) is 9.20 Å². The molecule has 1 aliphatic carbocycles. The number of benzene rings is 1. The van der Waals surface area contributed by atoms with Crippen LogP contribution in [0.5, 0.6) is 0 Å². The van der Waals surface area contributed by atoms with Gasteiger partial charge in [-0.1, -0.05) is 12.1 Å². The van der Waals surface area contributed by atoms with Crippen molar-refractivity contribution in [1.82, 2.24) is 29.2 Å². The fourth-order valence-corrected chi connectivity index (χ4v) is 3.74. The molecule has 6 rings (SSSR count). The largest absolute Gasteiger partial charge is 0.350 e. The maximum absolute atomic E-state index is 15.6. The fourth-order valence-electron chi connectivity index (χ4n) is 3.74. The molecule has 5 aromatic rings. The molecule has 0 aliphatic heterocycles. The number of pyridine rings is 1. The van der Waals surface area contributed by atoms with Gasteiger partial charge in [0.2, 0.25) is 11.7 Å². The summed E-state index contributed by atoms with van der Waals surface area (Å²) in [7, 11) is 0. The Balaban J connectivity index is 1.38. The van der Waals surface area contributed by atoms with Crippen LogP contribution in [-0.4, -0.2) is 35.1 Å². The second kappa shape index (κ2) is 7.37. The lowest BCUT2D eigenvalue weighted by Gasteiger charge is -2.14. The van der Waals surface area contributed by atoms with Crippen LogP contribution in [0.1, 0.15) is 24.4 Å². The quantitative estimate of drug-likeness (QED) is 0.425.